The Morgan fingerprint density at radius 3 is 2.23 bits per heavy atom. The summed E-state index contributed by atoms with van der Waals surface area (Å²) in [5, 5.41) is -0.698. The normalized spacial score (nSPS) is 21.9. The quantitative estimate of drug-likeness (QED) is 0.795. The number of halogens is 3. The maximum absolute atomic E-state index is 13.2. The van der Waals surface area contributed by atoms with E-state index in [9.17, 15) is 26.4 Å². The molecule has 1 aliphatic carbocycles. The van der Waals surface area contributed by atoms with Gasteiger partial charge in [-0.3, -0.25) is 4.79 Å². The van der Waals surface area contributed by atoms with Crippen molar-refractivity contribution in [3.05, 3.63) is 35.1 Å². The van der Waals surface area contributed by atoms with Crippen molar-refractivity contribution in [1.82, 2.24) is 4.90 Å². The van der Waals surface area contributed by atoms with E-state index in [2.05, 4.69) is 0 Å². The molecular formula is C14H16F3NO3S. The molecule has 0 spiro atoms. The first-order valence-electron chi connectivity index (χ1n) is 6.73. The van der Waals surface area contributed by atoms with E-state index in [1.807, 2.05) is 0 Å². The van der Waals surface area contributed by atoms with Gasteiger partial charge in [0.1, 0.15) is 0 Å². The number of sulfone groups is 1. The fourth-order valence-electron chi connectivity index (χ4n) is 2.88. The summed E-state index contributed by atoms with van der Waals surface area (Å²) in [5.41, 5.74) is -0.349. The Kier molecular flexibility index (Phi) is 4.51. The third kappa shape index (κ3) is 3.11. The Hall–Kier alpha value is -1.57. The second-order valence-corrected chi connectivity index (χ2v) is 7.80. The van der Waals surface area contributed by atoms with E-state index in [1.165, 1.54) is 11.9 Å². The van der Waals surface area contributed by atoms with Crippen LogP contribution in [0.5, 0.6) is 0 Å². The van der Waals surface area contributed by atoms with Gasteiger partial charge in [0.25, 0.3) is 5.91 Å². The minimum absolute atomic E-state index is 0.349. The van der Waals surface area contributed by atoms with Gasteiger partial charge < -0.3 is 4.90 Å². The smallest absolute Gasteiger partial charge is 0.254 e. The zero-order valence-corrected chi connectivity index (χ0v) is 13.0. The minimum Gasteiger partial charge on any atom is -0.337 e. The zero-order valence-electron chi connectivity index (χ0n) is 12.1. The van der Waals surface area contributed by atoms with Gasteiger partial charge in [-0.05, 0) is 31.4 Å². The Morgan fingerprint density at radius 1 is 1.18 bits per heavy atom. The molecule has 8 heteroatoms. The van der Waals surface area contributed by atoms with Crippen LogP contribution in [0.2, 0.25) is 0 Å². The summed E-state index contributed by atoms with van der Waals surface area (Å²) in [6.45, 7) is 0. The van der Waals surface area contributed by atoms with Crippen LogP contribution in [-0.4, -0.2) is 43.8 Å². The molecule has 0 unspecified atom stereocenters. The Bertz CT molecular complexity index is 682. The summed E-state index contributed by atoms with van der Waals surface area (Å²) >= 11 is 0. The monoisotopic (exact) mass is 335 g/mol. The van der Waals surface area contributed by atoms with E-state index in [0.717, 1.165) is 6.26 Å². The molecule has 1 saturated carbocycles. The minimum atomic E-state index is -3.34. The van der Waals surface area contributed by atoms with E-state index in [1.54, 1.807) is 0 Å². The lowest BCUT2D eigenvalue weighted by atomic mass is 10.1. The van der Waals surface area contributed by atoms with Gasteiger partial charge >= 0.3 is 0 Å². The number of hydrogen-bond donors (Lipinski definition) is 0. The predicted molar refractivity (Wildman–Crippen MR) is 74.7 cm³/mol. The molecule has 1 aromatic carbocycles. The molecule has 1 amide bonds. The van der Waals surface area contributed by atoms with Crippen LogP contribution in [0.25, 0.3) is 0 Å². The summed E-state index contributed by atoms with van der Waals surface area (Å²) in [4.78, 5) is 13.5. The number of nitrogens with zero attached hydrogens (tertiary/aromatic N) is 1. The van der Waals surface area contributed by atoms with E-state index in [0.29, 0.717) is 31.4 Å². The molecule has 0 aliphatic heterocycles. The molecule has 0 heterocycles. The average Bonchev–Trinajstić information content (AvgIpc) is 2.92. The lowest BCUT2D eigenvalue weighted by Crippen LogP contribution is -2.44. The molecule has 122 valence electrons. The maximum atomic E-state index is 13.2. The number of carbonyl (C=O) groups excluding carboxylic acids is 1. The molecule has 1 aliphatic rings. The van der Waals surface area contributed by atoms with Gasteiger partial charge in [0, 0.05) is 24.9 Å². The van der Waals surface area contributed by atoms with Crippen LogP contribution in [0.3, 0.4) is 0 Å². The van der Waals surface area contributed by atoms with Crippen molar-refractivity contribution < 1.29 is 26.4 Å². The van der Waals surface area contributed by atoms with Gasteiger partial charge in [0.15, 0.2) is 27.3 Å². The molecule has 1 aromatic rings. The van der Waals surface area contributed by atoms with Crippen molar-refractivity contribution in [1.29, 1.82) is 0 Å². The number of hydrogen-bond acceptors (Lipinski definition) is 3. The first-order chi connectivity index (χ1) is 10.1. The van der Waals surface area contributed by atoms with Crippen LogP contribution >= 0.6 is 0 Å². The SMILES string of the molecule is CN(C(=O)c1cc(F)c(F)c(F)c1)[C@H]1CCC[C@@H]1S(C)(=O)=O. The van der Waals surface area contributed by atoms with Crippen molar-refractivity contribution in [2.75, 3.05) is 13.3 Å². The molecule has 2 atom stereocenters. The van der Waals surface area contributed by atoms with Gasteiger partial charge in [-0.2, -0.15) is 0 Å². The third-order valence-corrected chi connectivity index (χ3v) is 5.67. The predicted octanol–water partition coefficient (Wildman–Crippen LogP) is 2.14. The number of carbonyl (C=O) groups is 1. The first kappa shape index (κ1) is 16.8. The Labute approximate surface area is 126 Å². The lowest BCUT2D eigenvalue weighted by Gasteiger charge is -2.29. The van der Waals surface area contributed by atoms with Crippen molar-refractivity contribution in [3.63, 3.8) is 0 Å². The molecule has 0 N–H and O–H groups in total. The average molecular weight is 335 g/mol. The molecule has 0 aromatic heterocycles. The van der Waals surface area contributed by atoms with Crippen molar-refractivity contribution in [2.24, 2.45) is 0 Å². The first-order valence-corrected chi connectivity index (χ1v) is 8.69. The Balaban J connectivity index is 2.30. The van der Waals surface area contributed by atoms with Crippen LogP contribution in [-0.2, 0) is 9.84 Å². The Morgan fingerprint density at radius 2 is 1.73 bits per heavy atom. The van der Waals surface area contributed by atoms with Crippen LogP contribution in [0.4, 0.5) is 13.2 Å². The molecule has 4 nitrogen and oxygen atoms in total. The van der Waals surface area contributed by atoms with Crippen LogP contribution in [0.1, 0.15) is 29.6 Å². The van der Waals surface area contributed by atoms with Crippen LogP contribution in [0, 0.1) is 17.5 Å². The van der Waals surface area contributed by atoms with Gasteiger partial charge in [-0.15, -0.1) is 0 Å². The standard InChI is InChI=1S/C14H16F3NO3S/c1-18(11-4-3-5-12(11)22(2,20)21)14(19)8-6-9(15)13(17)10(16)7-8/h6-7,11-12H,3-5H2,1-2H3/t11-,12-/m0/s1. The second-order valence-electron chi connectivity index (χ2n) is 5.54. The highest BCUT2D eigenvalue weighted by molar-refractivity contribution is 7.91. The molecule has 22 heavy (non-hydrogen) atoms. The second kappa shape index (κ2) is 5.91. The zero-order chi connectivity index (χ0) is 16.7. The van der Waals surface area contributed by atoms with Gasteiger partial charge in [0.2, 0.25) is 0 Å². The molecule has 1 fully saturated rings. The van der Waals surface area contributed by atoms with Gasteiger partial charge in [0.05, 0.1) is 5.25 Å². The largest absolute Gasteiger partial charge is 0.337 e. The number of amides is 1. The topological polar surface area (TPSA) is 54.5 Å². The van der Waals surface area contributed by atoms with E-state index >= 15 is 0 Å². The van der Waals surface area contributed by atoms with Crippen molar-refractivity contribution in [2.45, 2.75) is 30.6 Å². The summed E-state index contributed by atoms with van der Waals surface area (Å²) in [6, 6.07) is 0.669. The molecule has 0 bridgehead atoms. The van der Waals surface area contributed by atoms with E-state index in [4.69, 9.17) is 0 Å². The van der Waals surface area contributed by atoms with Gasteiger partial charge in [-0.25, -0.2) is 21.6 Å². The van der Waals surface area contributed by atoms with Crippen molar-refractivity contribution in [3.8, 4) is 0 Å². The van der Waals surface area contributed by atoms with E-state index in [-0.39, 0.29) is 5.56 Å². The maximum Gasteiger partial charge on any atom is 0.254 e. The van der Waals surface area contributed by atoms with E-state index < -0.39 is 44.5 Å². The lowest BCUT2D eigenvalue weighted by molar-refractivity contribution is 0.0736. The molecule has 0 radical (unpaired) electrons. The van der Waals surface area contributed by atoms with Crippen LogP contribution in [0.15, 0.2) is 12.1 Å². The summed E-state index contributed by atoms with van der Waals surface area (Å²) in [6.07, 6.45) is 2.68. The fourth-order valence-corrected chi connectivity index (χ4v) is 4.37. The van der Waals surface area contributed by atoms with Gasteiger partial charge in [-0.1, -0.05) is 0 Å². The third-order valence-electron chi connectivity index (χ3n) is 4.02. The highest BCUT2D eigenvalue weighted by Crippen LogP contribution is 2.29. The van der Waals surface area contributed by atoms with Crippen molar-refractivity contribution >= 4 is 15.7 Å². The number of rotatable bonds is 3. The summed E-state index contributed by atoms with van der Waals surface area (Å²) in [7, 11) is -1.95. The summed E-state index contributed by atoms with van der Waals surface area (Å²) in [5.74, 6) is -5.29. The highest BCUT2D eigenvalue weighted by atomic mass is 32.2. The fraction of sp³-hybridized carbons (Fsp3) is 0.500. The molecule has 2 rings (SSSR count). The highest BCUT2D eigenvalue weighted by Gasteiger charge is 2.39. The van der Waals surface area contributed by atoms with Crippen LogP contribution < -0.4 is 0 Å². The molecule has 0 saturated heterocycles. The number of benzene rings is 1. The summed E-state index contributed by atoms with van der Waals surface area (Å²) < 4.78 is 62.9. The molecular weight excluding hydrogens is 319 g/mol.